The number of oxime groups is 1. The Morgan fingerprint density at radius 3 is 2.80 bits per heavy atom. The van der Waals surface area contributed by atoms with Gasteiger partial charge in [0.15, 0.2) is 5.84 Å². The lowest BCUT2D eigenvalue weighted by molar-refractivity contribution is 0.318. The lowest BCUT2D eigenvalue weighted by atomic mass is 10.1. The molecule has 0 radical (unpaired) electrons. The molecule has 0 atom stereocenters. The number of para-hydroxylation sites is 1. The fourth-order valence-corrected chi connectivity index (χ4v) is 2.32. The van der Waals surface area contributed by atoms with E-state index in [4.69, 9.17) is 10.9 Å². The molecular formula is C13H10BrN5O. The second-order valence-corrected chi connectivity index (χ2v) is 5.04. The zero-order valence-electron chi connectivity index (χ0n) is 10.2. The molecule has 2 aromatic heterocycles. The summed E-state index contributed by atoms with van der Waals surface area (Å²) in [6.07, 6.45) is 5.05. The Kier molecular flexibility index (Phi) is 3.11. The van der Waals surface area contributed by atoms with Gasteiger partial charge in [0.2, 0.25) is 0 Å². The quantitative estimate of drug-likeness (QED) is 0.326. The van der Waals surface area contributed by atoms with Crippen LogP contribution in [0.15, 0.2) is 52.5 Å². The Hall–Kier alpha value is -2.41. The molecule has 7 heteroatoms. The average molecular weight is 332 g/mol. The van der Waals surface area contributed by atoms with Crippen LogP contribution >= 0.6 is 15.9 Å². The Balaban J connectivity index is 2.40. The van der Waals surface area contributed by atoms with Crippen molar-refractivity contribution in [3.63, 3.8) is 0 Å². The summed E-state index contributed by atoms with van der Waals surface area (Å²) < 4.78 is 2.51. The first-order valence-electron chi connectivity index (χ1n) is 5.77. The van der Waals surface area contributed by atoms with Crippen molar-refractivity contribution in [3.05, 3.63) is 52.9 Å². The van der Waals surface area contributed by atoms with Gasteiger partial charge in [-0.3, -0.25) is 4.98 Å². The molecule has 6 nitrogen and oxygen atoms in total. The Labute approximate surface area is 122 Å². The lowest BCUT2D eigenvalue weighted by Gasteiger charge is -2.11. The largest absolute Gasteiger partial charge is 0.409 e. The molecule has 0 aliphatic carbocycles. The molecule has 20 heavy (non-hydrogen) atoms. The van der Waals surface area contributed by atoms with Gasteiger partial charge < -0.3 is 10.9 Å². The predicted molar refractivity (Wildman–Crippen MR) is 79.1 cm³/mol. The lowest BCUT2D eigenvalue weighted by Crippen LogP contribution is -2.17. The van der Waals surface area contributed by atoms with Gasteiger partial charge in [-0.15, -0.1) is 0 Å². The summed E-state index contributed by atoms with van der Waals surface area (Å²) in [4.78, 5) is 4.32. The highest BCUT2D eigenvalue weighted by molar-refractivity contribution is 9.10. The van der Waals surface area contributed by atoms with Gasteiger partial charge in [-0.05, 0) is 22.0 Å². The second-order valence-electron chi connectivity index (χ2n) is 4.13. The van der Waals surface area contributed by atoms with Crippen molar-refractivity contribution in [2.24, 2.45) is 10.9 Å². The van der Waals surface area contributed by atoms with Crippen molar-refractivity contribution >= 4 is 32.7 Å². The van der Waals surface area contributed by atoms with Crippen molar-refractivity contribution in [1.82, 2.24) is 14.8 Å². The van der Waals surface area contributed by atoms with Crippen molar-refractivity contribution in [2.75, 3.05) is 0 Å². The van der Waals surface area contributed by atoms with E-state index >= 15 is 0 Å². The zero-order chi connectivity index (χ0) is 14.1. The number of pyridine rings is 1. The number of fused-ring (bicyclic) bond motifs is 1. The standard InChI is InChI=1S/C13H10BrN5O/c14-8-5-17-19(7-8)12-9-3-1-2-4-11(9)16-6-10(12)13(15)18-20/h1-7,20H,(H2,15,18). The highest BCUT2D eigenvalue weighted by Gasteiger charge is 2.14. The fraction of sp³-hybridized carbons (Fsp3) is 0. The Bertz CT molecular complexity index is 811. The maximum absolute atomic E-state index is 8.93. The minimum absolute atomic E-state index is 0.00937. The first kappa shape index (κ1) is 12.6. The molecule has 3 N–H and O–H groups in total. The van der Waals surface area contributed by atoms with Crippen LogP contribution in [0.2, 0.25) is 0 Å². The monoisotopic (exact) mass is 331 g/mol. The van der Waals surface area contributed by atoms with Crippen LogP contribution in [0.1, 0.15) is 5.56 Å². The van der Waals surface area contributed by atoms with Gasteiger partial charge in [-0.25, -0.2) is 4.68 Å². The molecule has 0 amide bonds. The van der Waals surface area contributed by atoms with Crippen molar-refractivity contribution < 1.29 is 5.21 Å². The maximum atomic E-state index is 8.93. The normalized spacial score (nSPS) is 11.9. The van der Waals surface area contributed by atoms with E-state index in [9.17, 15) is 0 Å². The number of benzene rings is 1. The number of halogens is 1. The van der Waals surface area contributed by atoms with E-state index in [1.54, 1.807) is 23.3 Å². The molecular weight excluding hydrogens is 322 g/mol. The van der Waals surface area contributed by atoms with Crippen molar-refractivity contribution in [2.45, 2.75) is 0 Å². The molecule has 0 fully saturated rings. The molecule has 3 aromatic rings. The summed E-state index contributed by atoms with van der Waals surface area (Å²) in [6, 6.07) is 7.62. The number of amidine groups is 1. The van der Waals surface area contributed by atoms with Crippen LogP contribution in [0.3, 0.4) is 0 Å². The van der Waals surface area contributed by atoms with Gasteiger partial charge >= 0.3 is 0 Å². The van der Waals surface area contributed by atoms with Crippen LogP contribution in [0.25, 0.3) is 16.6 Å². The van der Waals surface area contributed by atoms with Gasteiger partial charge in [0.25, 0.3) is 0 Å². The van der Waals surface area contributed by atoms with E-state index < -0.39 is 0 Å². The molecule has 0 aliphatic rings. The topological polar surface area (TPSA) is 89.3 Å². The number of hydrogen-bond acceptors (Lipinski definition) is 4. The summed E-state index contributed by atoms with van der Waals surface area (Å²) in [5.74, 6) is -0.00937. The fourth-order valence-electron chi connectivity index (χ4n) is 2.04. The molecule has 0 saturated heterocycles. The number of hydrogen-bond donors (Lipinski definition) is 2. The summed E-state index contributed by atoms with van der Waals surface area (Å²) in [5.41, 5.74) is 7.78. The first-order valence-corrected chi connectivity index (χ1v) is 6.56. The molecule has 0 unspecified atom stereocenters. The predicted octanol–water partition coefficient (Wildman–Crippen LogP) is 2.28. The third-order valence-corrected chi connectivity index (χ3v) is 3.32. The number of nitrogens with two attached hydrogens (primary N) is 1. The molecule has 1 aromatic carbocycles. The second kappa shape index (κ2) is 4.93. The highest BCUT2D eigenvalue weighted by Crippen LogP contribution is 2.25. The van der Waals surface area contributed by atoms with Crippen molar-refractivity contribution in [1.29, 1.82) is 0 Å². The first-order chi connectivity index (χ1) is 9.70. The molecule has 0 aliphatic heterocycles. The van der Waals surface area contributed by atoms with Crippen molar-refractivity contribution in [3.8, 4) is 5.69 Å². The van der Waals surface area contributed by atoms with Gasteiger partial charge in [0.05, 0.1) is 27.4 Å². The molecule has 100 valence electrons. The third kappa shape index (κ3) is 2.01. The van der Waals surface area contributed by atoms with E-state index in [1.807, 2.05) is 24.3 Å². The number of aromatic nitrogens is 3. The minimum Gasteiger partial charge on any atom is -0.409 e. The summed E-state index contributed by atoms with van der Waals surface area (Å²) in [5, 5.41) is 17.1. The molecule has 0 saturated carbocycles. The Morgan fingerprint density at radius 1 is 1.30 bits per heavy atom. The smallest absolute Gasteiger partial charge is 0.173 e. The molecule has 0 spiro atoms. The van der Waals surface area contributed by atoms with E-state index in [0.717, 1.165) is 21.1 Å². The number of rotatable bonds is 2. The molecule has 2 heterocycles. The van der Waals surface area contributed by atoms with E-state index in [-0.39, 0.29) is 5.84 Å². The molecule has 0 bridgehead atoms. The number of nitrogens with zero attached hydrogens (tertiary/aromatic N) is 4. The SMILES string of the molecule is N/C(=N\O)c1cnc2ccccc2c1-n1cc(Br)cn1. The average Bonchev–Trinajstić information content (AvgIpc) is 2.91. The summed E-state index contributed by atoms with van der Waals surface area (Å²) in [6.45, 7) is 0. The van der Waals surface area contributed by atoms with Crippen LogP contribution < -0.4 is 5.73 Å². The van der Waals surface area contributed by atoms with E-state index in [1.165, 1.54) is 0 Å². The summed E-state index contributed by atoms with van der Waals surface area (Å²) >= 11 is 3.36. The highest BCUT2D eigenvalue weighted by atomic mass is 79.9. The van der Waals surface area contributed by atoms with Crippen LogP contribution in [0, 0.1) is 0 Å². The van der Waals surface area contributed by atoms with Crippen LogP contribution in [0.4, 0.5) is 0 Å². The Morgan fingerprint density at radius 2 is 2.10 bits per heavy atom. The maximum Gasteiger partial charge on any atom is 0.173 e. The third-order valence-electron chi connectivity index (χ3n) is 2.91. The summed E-state index contributed by atoms with van der Waals surface area (Å²) in [7, 11) is 0. The van der Waals surface area contributed by atoms with E-state index in [2.05, 4.69) is 31.2 Å². The van der Waals surface area contributed by atoms with Gasteiger partial charge in [0.1, 0.15) is 0 Å². The van der Waals surface area contributed by atoms with E-state index in [0.29, 0.717) is 5.56 Å². The van der Waals surface area contributed by atoms with Crippen LogP contribution in [-0.2, 0) is 0 Å². The van der Waals surface area contributed by atoms with Crippen LogP contribution in [0.5, 0.6) is 0 Å². The van der Waals surface area contributed by atoms with Crippen LogP contribution in [-0.4, -0.2) is 25.8 Å². The van der Waals surface area contributed by atoms with Gasteiger partial charge in [-0.2, -0.15) is 5.10 Å². The minimum atomic E-state index is -0.00937. The van der Waals surface area contributed by atoms with Gasteiger partial charge in [-0.1, -0.05) is 23.4 Å². The van der Waals surface area contributed by atoms with Gasteiger partial charge in [0, 0.05) is 17.8 Å². The zero-order valence-corrected chi connectivity index (χ0v) is 11.8. The molecule has 3 rings (SSSR count).